The third kappa shape index (κ3) is 3.31. The summed E-state index contributed by atoms with van der Waals surface area (Å²) in [6, 6.07) is 4.27. The summed E-state index contributed by atoms with van der Waals surface area (Å²) in [5.74, 6) is -0.505. The number of para-hydroxylation sites is 1. The first-order valence-electron chi connectivity index (χ1n) is 5.08. The van der Waals surface area contributed by atoms with Crippen molar-refractivity contribution in [3.05, 3.63) is 29.6 Å². The minimum atomic E-state index is -0.520. The third-order valence-electron chi connectivity index (χ3n) is 2.17. The SMILES string of the molecule is COCCC(C)Oc1c(F)cccc1C=O. The zero-order valence-electron chi connectivity index (χ0n) is 9.40. The smallest absolute Gasteiger partial charge is 0.165 e. The third-order valence-corrected chi connectivity index (χ3v) is 2.17. The lowest BCUT2D eigenvalue weighted by Crippen LogP contribution is -2.16. The van der Waals surface area contributed by atoms with Gasteiger partial charge in [-0.05, 0) is 19.1 Å². The van der Waals surface area contributed by atoms with Gasteiger partial charge in [-0.2, -0.15) is 0 Å². The molecule has 0 bridgehead atoms. The number of hydrogen-bond donors (Lipinski definition) is 0. The summed E-state index contributed by atoms with van der Waals surface area (Å²) < 4.78 is 23.7. The monoisotopic (exact) mass is 226 g/mol. The Morgan fingerprint density at radius 2 is 2.25 bits per heavy atom. The highest BCUT2D eigenvalue weighted by atomic mass is 19.1. The molecule has 0 saturated carbocycles. The first-order chi connectivity index (χ1) is 7.69. The molecule has 88 valence electrons. The Labute approximate surface area is 94.2 Å². The predicted octanol–water partition coefficient (Wildman–Crippen LogP) is 2.44. The summed E-state index contributed by atoms with van der Waals surface area (Å²) in [6.07, 6.45) is 1.03. The van der Waals surface area contributed by atoms with Crippen LogP contribution in [0.25, 0.3) is 0 Å². The van der Waals surface area contributed by atoms with Crippen molar-refractivity contribution in [1.82, 2.24) is 0 Å². The molecule has 0 saturated heterocycles. The molecule has 0 N–H and O–H groups in total. The maximum Gasteiger partial charge on any atom is 0.165 e. The molecular formula is C12H15FO3. The number of ether oxygens (including phenoxy) is 2. The summed E-state index contributed by atoms with van der Waals surface area (Å²) in [6.45, 7) is 2.34. The van der Waals surface area contributed by atoms with Gasteiger partial charge in [0.2, 0.25) is 0 Å². The van der Waals surface area contributed by atoms with Gasteiger partial charge in [-0.25, -0.2) is 4.39 Å². The Bertz CT molecular complexity index is 352. The molecule has 0 aliphatic rings. The quantitative estimate of drug-likeness (QED) is 0.699. The molecule has 3 nitrogen and oxygen atoms in total. The predicted molar refractivity (Wildman–Crippen MR) is 58.4 cm³/mol. The van der Waals surface area contributed by atoms with Crippen LogP contribution in [0.2, 0.25) is 0 Å². The van der Waals surface area contributed by atoms with E-state index < -0.39 is 5.82 Å². The average Bonchev–Trinajstić information content (AvgIpc) is 2.29. The van der Waals surface area contributed by atoms with Crippen LogP contribution >= 0.6 is 0 Å². The number of carbonyl (C=O) groups is 1. The highest BCUT2D eigenvalue weighted by molar-refractivity contribution is 5.79. The van der Waals surface area contributed by atoms with Crippen LogP contribution in [0.5, 0.6) is 5.75 Å². The number of carbonyl (C=O) groups excluding carboxylic acids is 1. The van der Waals surface area contributed by atoms with Gasteiger partial charge >= 0.3 is 0 Å². The highest BCUT2D eigenvalue weighted by Gasteiger charge is 2.12. The summed E-state index contributed by atoms with van der Waals surface area (Å²) in [5.41, 5.74) is 0.226. The van der Waals surface area contributed by atoms with Crippen molar-refractivity contribution < 1.29 is 18.7 Å². The standard InChI is InChI=1S/C12H15FO3/c1-9(6-7-15-2)16-12-10(8-14)4-3-5-11(12)13/h3-5,8-9H,6-7H2,1-2H3. The molecule has 16 heavy (non-hydrogen) atoms. The molecule has 0 radical (unpaired) electrons. The van der Waals surface area contributed by atoms with Gasteiger partial charge in [0.15, 0.2) is 17.9 Å². The number of benzene rings is 1. The van der Waals surface area contributed by atoms with Crippen molar-refractivity contribution in [3.8, 4) is 5.75 Å². The van der Waals surface area contributed by atoms with Crippen molar-refractivity contribution >= 4 is 6.29 Å². The van der Waals surface area contributed by atoms with Crippen LogP contribution in [0.3, 0.4) is 0 Å². The van der Waals surface area contributed by atoms with E-state index in [4.69, 9.17) is 9.47 Å². The average molecular weight is 226 g/mol. The molecule has 1 rings (SSSR count). The Balaban J connectivity index is 2.75. The molecule has 4 heteroatoms. The number of halogens is 1. The molecule has 0 spiro atoms. The molecule has 0 amide bonds. The van der Waals surface area contributed by atoms with E-state index in [2.05, 4.69) is 0 Å². The molecule has 1 atom stereocenters. The Hall–Kier alpha value is -1.42. The zero-order valence-corrected chi connectivity index (χ0v) is 9.40. The summed E-state index contributed by atoms with van der Waals surface area (Å²) in [7, 11) is 1.59. The first-order valence-corrected chi connectivity index (χ1v) is 5.08. The Kier molecular flexibility index (Phi) is 4.92. The van der Waals surface area contributed by atoms with Gasteiger partial charge in [0.05, 0.1) is 11.7 Å². The molecule has 1 unspecified atom stereocenters. The van der Waals surface area contributed by atoms with Crippen molar-refractivity contribution in [3.63, 3.8) is 0 Å². The van der Waals surface area contributed by atoms with Crippen LogP contribution in [-0.2, 0) is 4.74 Å². The fourth-order valence-corrected chi connectivity index (χ4v) is 1.29. The van der Waals surface area contributed by atoms with Crippen LogP contribution < -0.4 is 4.74 Å². The lowest BCUT2D eigenvalue weighted by atomic mass is 10.2. The van der Waals surface area contributed by atoms with E-state index in [0.29, 0.717) is 19.3 Å². The topological polar surface area (TPSA) is 35.5 Å². The van der Waals surface area contributed by atoms with E-state index in [0.717, 1.165) is 0 Å². The second kappa shape index (κ2) is 6.23. The second-order valence-electron chi connectivity index (χ2n) is 3.49. The molecule has 0 aliphatic heterocycles. The fraction of sp³-hybridized carbons (Fsp3) is 0.417. The lowest BCUT2D eigenvalue weighted by molar-refractivity contribution is 0.110. The van der Waals surface area contributed by atoms with Crippen LogP contribution in [-0.4, -0.2) is 26.1 Å². The fourth-order valence-electron chi connectivity index (χ4n) is 1.29. The minimum absolute atomic E-state index is 0.0149. The Morgan fingerprint density at radius 1 is 1.50 bits per heavy atom. The van der Waals surface area contributed by atoms with E-state index in [1.807, 2.05) is 0 Å². The largest absolute Gasteiger partial charge is 0.487 e. The van der Waals surface area contributed by atoms with Crippen molar-refractivity contribution in [1.29, 1.82) is 0 Å². The van der Waals surface area contributed by atoms with Gasteiger partial charge in [-0.3, -0.25) is 4.79 Å². The molecule has 0 fully saturated rings. The van der Waals surface area contributed by atoms with E-state index in [9.17, 15) is 9.18 Å². The highest BCUT2D eigenvalue weighted by Crippen LogP contribution is 2.22. The second-order valence-corrected chi connectivity index (χ2v) is 3.49. The van der Waals surface area contributed by atoms with E-state index >= 15 is 0 Å². The van der Waals surface area contributed by atoms with Crippen LogP contribution in [0.15, 0.2) is 18.2 Å². The van der Waals surface area contributed by atoms with Gasteiger partial charge < -0.3 is 9.47 Å². The first kappa shape index (κ1) is 12.6. The van der Waals surface area contributed by atoms with E-state index in [1.54, 1.807) is 14.0 Å². The maximum absolute atomic E-state index is 13.4. The number of methoxy groups -OCH3 is 1. The molecule has 1 aromatic carbocycles. The van der Waals surface area contributed by atoms with Crippen LogP contribution in [0.4, 0.5) is 4.39 Å². The zero-order chi connectivity index (χ0) is 12.0. The number of aldehydes is 1. The maximum atomic E-state index is 13.4. The van der Waals surface area contributed by atoms with Crippen molar-refractivity contribution in [2.24, 2.45) is 0 Å². The minimum Gasteiger partial charge on any atom is -0.487 e. The molecular weight excluding hydrogens is 211 g/mol. The summed E-state index contributed by atoms with van der Waals surface area (Å²) in [4.78, 5) is 10.7. The Morgan fingerprint density at radius 3 is 2.88 bits per heavy atom. The summed E-state index contributed by atoms with van der Waals surface area (Å²) in [5, 5.41) is 0. The van der Waals surface area contributed by atoms with Gasteiger partial charge in [-0.1, -0.05) is 6.07 Å². The molecule has 0 aliphatic carbocycles. The van der Waals surface area contributed by atoms with Crippen molar-refractivity contribution in [2.75, 3.05) is 13.7 Å². The van der Waals surface area contributed by atoms with Gasteiger partial charge in [0, 0.05) is 20.1 Å². The number of rotatable bonds is 6. The number of hydrogen-bond acceptors (Lipinski definition) is 3. The van der Waals surface area contributed by atoms with Gasteiger partial charge in [0.1, 0.15) is 0 Å². The van der Waals surface area contributed by atoms with Crippen molar-refractivity contribution in [2.45, 2.75) is 19.4 Å². The molecule has 1 aromatic rings. The van der Waals surface area contributed by atoms with Crippen LogP contribution in [0, 0.1) is 5.82 Å². The molecule has 0 aromatic heterocycles. The molecule has 0 heterocycles. The van der Waals surface area contributed by atoms with E-state index in [1.165, 1.54) is 18.2 Å². The van der Waals surface area contributed by atoms with Gasteiger partial charge in [0.25, 0.3) is 0 Å². The van der Waals surface area contributed by atoms with Crippen LogP contribution in [0.1, 0.15) is 23.7 Å². The van der Waals surface area contributed by atoms with Gasteiger partial charge in [-0.15, -0.1) is 0 Å². The van der Waals surface area contributed by atoms with E-state index in [-0.39, 0.29) is 17.4 Å². The normalized spacial score (nSPS) is 12.2. The summed E-state index contributed by atoms with van der Waals surface area (Å²) >= 11 is 0. The lowest BCUT2D eigenvalue weighted by Gasteiger charge is -2.15.